The van der Waals surface area contributed by atoms with E-state index in [1.807, 2.05) is 59.5 Å². The van der Waals surface area contributed by atoms with E-state index >= 15 is 0 Å². The van der Waals surface area contributed by atoms with Crippen molar-refractivity contribution in [3.05, 3.63) is 88.9 Å². The van der Waals surface area contributed by atoms with E-state index in [1.54, 1.807) is 0 Å². The first-order chi connectivity index (χ1) is 19.7. The van der Waals surface area contributed by atoms with Gasteiger partial charge in [-0.1, -0.05) is 68.8 Å². The van der Waals surface area contributed by atoms with Gasteiger partial charge in [0.15, 0.2) is 0 Å². The molecule has 5 rings (SSSR count). The summed E-state index contributed by atoms with van der Waals surface area (Å²) in [5.74, 6) is 0.801. The normalized spacial score (nSPS) is 16.4. The van der Waals surface area contributed by atoms with Crippen molar-refractivity contribution < 1.29 is 9.53 Å². The van der Waals surface area contributed by atoms with E-state index in [-0.39, 0.29) is 24.2 Å². The Kier molecular flexibility index (Phi) is 8.85. The van der Waals surface area contributed by atoms with E-state index < -0.39 is 0 Å². The van der Waals surface area contributed by atoms with Crippen LogP contribution in [0.2, 0.25) is 5.02 Å². The zero-order valence-electron chi connectivity index (χ0n) is 24.4. The number of halogens is 1. The maximum atomic E-state index is 13.4. The lowest BCUT2D eigenvalue weighted by atomic mass is 9.87. The number of amides is 1. The number of anilines is 2. The fourth-order valence-corrected chi connectivity index (χ4v) is 5.37. The quantitative estimate of drug-likeness (QED) is 0.224. The van der Waals surface area contributed by atoms with Crippen LogP contribution in [-0.4, -0.2) is 39.7 Å². The summed E-state index contributed by atoms with van der Waals surface area (Å²) in [6, 6.07) is 24.0. The Morgan fingerprint density at radius 2 is 1.88 bits per heavy atom. The summed E-state index contributed by atoms with van der Waals surface area (Å²) in [6.07, 6.45) is 1.88. The molecule has 3 aromatic carbocycles. The number of imidazole rings is 1. The van der Waals surface area contributed by atoms with Crippen LogP contribution >= 0.6 is 11.6 Å². The smallest absolute Gasteiger partial charge is 0.410 e. The summed E-state index contributed by atoms with van der Waals surface area (Å²) in [5, 5.41) is 7.75. The van der Waals surface area contributed by atoms with Crippen LogP contribution in [0, 0.1) is 5.41 Å². The van der Waals surface area contributed by atoms with Gasteiger partial charge in [0.25, 0.3) is 0 Å². The van der Waals surface area contributed by atoms with Crippen LogP contribution in [0.15, 0.2) is 72.8 Å². The van der Waals surface area contributed by atoms with Gasteiger partial charge in [0.1, 0.15) is 6.61 Å². The molecule has 1 aliphatic rings. The summed E-state index contributed by atoms with van der Waals surface area (Å²) < 4.78 is 8.09. The Hall–Kier alpha value is -3.55. The number of hydrogen-bond acceptors (Lipinski definition) is 5. The molecule has 1 fully saturated rings. The summed E-state index contributed by atoms with van der Waals surface area (Å²) >= 11 is 6.12. The Balaban J connectivity index is 1.44. The van der Waals surface area contributed by atoms with Gasteiger partial charge in [-0.25, -0.2) is 9.78 Å². The zero-order valence-corrected chi connectivity index (χ0v) is 25.1. The number of ether oxygens (including phenoxy) is 1. The molecule has 0 spiro atoms. The first-order valence-corrected chi connectivity index (χ1v) is 14.8. The first-order valence-electron chi connectivity index (χ1n) is 14.4. The van der Waals surface area contributed by atoms with Gasteiger partial charge in [0, 0.05) is 35.9 Å². The highest BCUT2D eigenvalue weighted by atomic mass is 35.5. The minimum atomic E-state index is -0.319. The molecule has 2 atom stereocenters. The van der Waals surface area contributed by atoms with Gasteiger partial charge in [0.2, 0.25) is 5.95 Å². The lowest BCUT2D eigenvalue weighted by Crippen LogP contribution is -2.45. The molecule has 1 aliphatic heterocycles. The number of hydrogen-bond donors (Lipinski definition) is 2. The number of rotatable bonds is 8. The summed E-state index contributed by atoms with van der Waals surface area (Å²) in [6.45, 7) is 11.1. The van der Waals surface area contributed by atoms with Crippen molar-refractivity contribution in [2.45, 2.75) is 65.8 Å². The number of nitrogens with zero attached hydrogens (tertiary/aromatic N) is 3. The fourth-order valence-electron chi connectivity index (χ4n) is 5.24. The zero-order chi connectivity index (χ0) is 29.0. The lowest BCUT2D eigenvalue weighted by molar-refractivity contribution is 0.0540. The van der Waals surface area contributed by atoms with Crippen LogP contribution < -0.4 is 10.6 Å². The van der Waals surface area contributed by atoms with Gasteiger partial charge < -0.3 is 24.8 Å². The molecule has 0 aliphatic carbocycles. The topological polar surface area (TPSA) is 71.4 Å². The Morgan fingerprint density at radius 1 is 1.12 bits per heavy atom. The molecule has 2 N–H and O–H groups in total. The molecule has 8 heteroatoms. The maximum Gasteiger partial charge on any atom is 0.410 e. The molecule has 0 radical (unpaired) electrons. The highest BCUT2D eigenvalue weighted by molar-refractivity contribution is 6.30. The van der Waals surface area contributed by atoms with Crippen molar-refractivity contribution >= 4 is 40.4 Å². The van der Waals surface area contributed by atoms with Gasteiger partial charge in [0.05, 0.1) is 11.0 Å². The summed E-state index contributed by atoms with van der Waals surface area (Å²) in [4.78, 5) is 20.3. The van der Waals surface area contributed by atoms with E-state index in [1.165, 1.54) is 0 Å². The Morgan fingerprint density at radius 3 is 2.56 bits per heavy atom. The van der Waals surface area contributed by atoms with Crippen molar-refractivity contribution in [1.29, 1.82) is 0 Å². The minimum absolute atomic E-state index is 0.0468. The molecule has 1 saturated heterocycles. The van der Waals surface area contributed by atoms with Gasteiger partial charge in [-0.15, -0.1) is 0 Å². The number of carbonyl (C=O) groups excluding carboxylic acids is 1. The number of benzene rings is 3. The van der Waals surface area contributed by atoms with Crippen LogP contribution in [0.5, 0.6) is 0 Å². The minimum Gasteiger partial charge on any atom is -0.445 e. The molecule has 1 aromatic heterocycles. The van der Waals surface area contributed by atoms with E-state index in [0.717, 1.165) is 59.7 Å². The molecule has 0 saturated carbocycles. The van der Waals surface area contributed by atoms with Crippen molar-refractivity contribution in [3.63, 3.8) is 0 Å². The fraction of sp³-hybridized carbons (Fsp3) is 0.394. The second kappa shape index (κ2) is 12.5. The van der Waals surface area contributed by atoms with Crippen LogP contribution in [-0.2, 0) is 17.9 Å². The van der Waals surface area contributed by atoms with Crippen LogP contribution in [0.1, 0.15) is 57.7 Å². The molecule has 7 nitrogen and oxygen atoms in total. The van der Waals surface area contributed by atoms with Crippen LogP contribution in [0.4, 0.5) is 16.4 Å². The van der Waals surface area contributed by atoms with Gasteiger partial charge in [-0.05, 0) is 79.3 Å². The lowest BCUT2D eigenvalue weighted by Gasteiger charge is -2.37. The van der Waals surface area contributed by atoms with Crippen molar-refractivity contribution in [2.75, 3.05) is 18.4 Å². The third-order valence-electron chi connectivity index (χ3n) is 8.00. The van der Waals surface area contributed by atoms with Gasteiger partial charge in [-0.3, -0.25) is 0 Å². The Bertz CT molecular complexity index is 1460. The SMILES string of the molecule is C[C@H](N(Cc1ccc2c(c1)nc(Nc1ccc(Cl)cc1)n2C1CCCNC1)C(=O)OCc1ccccc1)C(C)(C)C. The molecular formula is C33H40ClN5O2. The van der Waals surface area contributed by atoms with E-state index in [2.05, 4.69) is 61.1 Å². The van der Waals surface area contributed by atoms with Crippen LogP contribution in [0.25, 0.3) is 11.0 Å². The van der Waals surface area contributed by atoms with E-state index in [0.29, 0.717) is 17.6 Å². The van der Waals surface area contributed by atoms with Crippen molar-refractivity contribution in [1.82, 2.24) is 19.8 Å². The molecule has 216 valence electrons. The number of aromatic nitrogens is 2. The molecular weight excluding hydrogens is 534 g/mol. The monoisotopic (exact) mass is 573 g/mol. The van der Waals surface area contributed by atoms with Crippen LogP contribution in [0.3, 0.4) is 0 Å². The molecule has 41 heavy (non-hydrogen) atoms. The maximum absolute atomic E-state index is 13.4. The van der Waals surface area contributed by atoms with Gasteiger partial charge in [-0.2, -0.15) is 0 Å². The van der Waals surface area contributed by atoms with Crippen molar-refractivity contribution in [2.24, 2.45) is 5.41 Å². The third kappa shape index (κ3) is 7.03. The highest BCUT2D eigenvalue weighted by Gasteiger charge is 2.31. The predicted octanol–water partition coefficient (Wildman–Crippen LogP) is 7.93. The molecule has 0 bridgehead atoms. The number of carbonyl (C=O) groups is 1. The average molecular weight is 574 g/mol. The largest absolute Gasteiger partial charge is 0.445 e. The summed E-state index contributed by atoms with van der Waals surface area (Å²) in [5.41, 5.74) is 4.75. The third-order valence-corrected chi connectivity index (χ3v) is 8.26. The second-order valence-corrected chi connectivity index (χ2v) is 12.4. The standard InChI is InChI=1S/C33H40ClN5O2/c1-23(33(2,3)4)38(32(40)41-22-24-9-6-5-7-10-24)21-25-12-17-30-29(19-25)37-31(36-27-15-13-26(34)14-16-27)39(30)28-11-8-18-35-20-28/h5-7,9-10,12-17,19,23,28,35H,8,11,18,20-22H2,1-4H3,(H,36,37)/t23-,28?/m0/s1. The number of fused-ring (bicyclic) bond motifs is 1. The molecule has 1 unspecified atom stereocenters. The molecule has 2 heterocycles. The molecule has 1 amide bonds. The predicted molar refractivity (Wildman–Crippen MR) is 167 cm³/mol. The number of nitrogens with one attached hydrogen (secondary N) is 2. The van der Waals surface area contributed by atoms with E-state index in [4.69, 9.17) is 21.3 Å². The van der Waals surface area contributed by atoms with E-state index in [9.17, 15) is 4.79 Å². The summed E-state index contributed by atoms with van der Waals surface area (Å²) in [7, 11) is 0. The Labute approximate surface area is 247 Å². The highest BCUT2D eigenvalue weighted by Crippen LogP contribution is 2.32. The van der Waals surface area contributed by atoms with Crippen molar-refractivity contribution in [3.8, 4) is 0 Å². The first kappa shape index (κ1) is 29.0. The number of piperidine rings is 1. The molecule has 4 aromatic rings. The second-order valence-electron chi connectivity index (χ2n) is 12.0. The van der Waals surface area contributed by atoms with Gasteiger partial charge >= 0.3 is 6.09 Å². The average Bonchev–Trinajstić information content (AvgIpc) is 3.33.